The zero-order valence-electron chi connectivity index (χ0n) is 22.9. The largest absolute Gasteiger partial charge is 0.497 e. The van der Waals surface area contributed by atoms with Gasteiger partial charge in [0.1, 0.15) is 11.9 Å². The molecule has 0 aliphatic rings. The molecule has 4 N–H and O–H groups in total. The molecule has 0 radical (unpaired) electrons. The molecule has 3 atom stereocenters. The van der Waals surface area contributed by atoms with Gasteiger partial charge < -0.3 is 20.5 Å². The number of hydrogen-bond donors (Lipinski definition) is 3. The fraction of sp³-hybridized carbons (Fsp3) is 0.536. The molecule has 10 heteroatoms. The second-order valence-corrected chi connectivity index (χ2v) is 12.9. The Hall–Kier alpha value is -2.11. The molecule has 0 saturated carbocycles. The number of benzene rings is 2. The Morgan fingerprint density at radius 3 is 2.42 bits per heavy atom. The minimum absolute atomic E-state index is 0.00122. The summed E-state index contributed by atoms with van der Waals surface area (Å²) >= 11 is 1.57. The Morgan fingerprint density at radius 2 is 1.76 bits per heavy atom. The molecule has 0 saturated heterocycles. The van der Waals surface area contributed by atoms with Gasteiger partial charge in [0.2, 0.25) is 10.0 Å². The summed E-state index contributed by atoms with van der Waals surface area (Å²) in [6.07, 6.45) is -0.0654. The van der Waals surface area contributed by atoms with Crippen molar-refractivity contribution in [1.29, 1.82) is 0 Å². The van der Waals surface area contributed by atoms with E-state index >= 15 is 0 Å². The van der Waals surface area contributed by atoms with Crippen LogP contribution in [0.2, 0.25) is 0 Å². The normalized spacial score (nSPS) is 14.2. The van der Waals surface area contributed by atoms with E-state index in [1.54, 1.807) is 18.9 Å². The van der Waals surface area contributed by atoms with Gasteiger partial charge in [0, 0.05) is 31.4 Å². The third kappa shape index (κ3) is 12.2. The molecular formula is C28H43N3O5S2. The summed E-state index contributed by atoms with van der Waals surface area (Å²) in [5.74, 6) is 0.956. The summed E-state index contributed by atoms with van der Waals surface area (Å²) < 4.78 is 38.6. The fourth-order valence-electron chi connectivity index (χ4n) is 3.88. The number of carbonyl (C=O) groups is 1. The van der Waals surface area contributed by atoms with Crippen LogP contribution < -0.4 is 20.5 Å². The molecule has 2 rings (SSSR count). The molecule has 0 aromatic heterocycles. The second kappa shape index (κ2) is 16.8. The Bertz CT molecular complexity index is 1070. The molecule has 8 nitrogen and oxygen atoms in total. The number of ether oxygens (including phenoxy) is 2. The van der Waals surface area contributed by atoms with Crippen LogP contribution in [0.1, 0.15) is 31.9 Å². The van der Waals surface area contributed by atoms with Gasteiger partial charge in [-0.3, -0.25) is 4.79 Å². The Morgan fingerprint density at radius 1 is 1.05 bits per heavy atom. The highest BCUT2D eigenvalue weighted by Crippen LogP contribution is 2.15. The summed E-state index contributed by atoms with van der Waals surface area (Å²) in [5, 5.41) is 3.36. The molecule has 0 spiro atoms. The van der Waals surface area contributed by atoms with Crippen LogP contribution in [0.15, 0.2) is 54.6 Å². The first-order chi connectivity index (χ1) is 18.1. The average Bonchev–Trinajstić information content (AvgIpc) is 2.88. The first kappa shape index (κ1) is 32.1. The predicted octanol–water partition coefficient (Wildman–Crippen LogP) is 3.21. The van der Waals surface area contributed by atoms with E-state index in [1.165, 1.54) is 0 Å². The number of esters is 1. The van der Waals surface area contributed by atoms with Crippen molar-refractivity contribution in [3.63, 3.8) is 0 Å². The summed E-state index contributed by atoms with van der Waals surface area (Å²) in [5.41, 5.74) is 8.65. The second-order valence-electron chi connectivity index (χ2n) is 9.69. The highest BCUT2D eigenvalue weighted by molar-refractivity contribution is 7.99. The number of methoxy groups -OCH3 is 1. The molecule has 0 aliphatic heterocycles. The van der Waals surface area contributed by atoms with Crippen molar-refractivity contribution in [2.45, 2.75) is 45.9 Å². The van der Waals surface area contributed by atoms with Gasteiger partial charge in [0.25, 0.3) is 0 Å². The number of thioether (sulfide) groups is 1. The molecule has 0 amide bonds. The van der Waals surface area contributed by atoms with Crippen LogP contribution in [0.3, 0.4) is 0 Å². The lowest BCUT2D eigenvalue weighted by molar-refractivity contribution is -0.153. The highest BCUT2D eigenvalue weighted by atomic mass is 32.2. The predicted molar refractivity (Wildman–Crippen MR) is 156 cm³/mol. The zero-order chi connectivity index (χ0) is 28.0. The van der Waals surface area contributed by atoms with Crippen LogP contribution in [0, 0.1) is 11.8 Å². The van der Waals surface area contributed by atoms with E-state index in [0.29, 0.717) is 25.3 Å². The van der Waals surface area contributed by atoms with Gasteiger partial charge in [-0.1, -0.05) is 63.2 Å². The van der Waals surface area contributed by atoms with E-state index in [9.17, 15) is 13.2 Å². The van der Waals surface area contributed by atoms with Crippen LogP contribution in [0.4, 0.5) is 0 Å². The van der Waals surface area contributed by atoms with Gasteiger partial charge in [-0.15, -0.1) is 0 Å². The Balaban J connectivity index is 2.11. The smallest absolute Gasteiger partial charge is 0.311 e. The lowest BCUT2D eigenvalue weighted by Crippen LogP contribution is -2.47. The average molecular weight is 566 g/mol. The van der Waals surface area contributed by atoms with Crippen molar-refractivity contribution < 1.29 is 22.7 Å². The number of hydrogen-bond acceptors (Lipinski definition) is 8. The van der Waals surface area contributed by atoms with E-state index in [2.05, 4.69) is 10.0 Å². The van der Waals surface area contributed by atoms with Gasteiger partial charge >= 0.3 is 5.97 Å². The monoisotopic (exact) mass is 565 g/mol. The van der Waals surface area contributed by atoms with E-state index in [0.717, 1.165) is 22.6 Å². The Kier molecular flexibility index (Phi) is 14.2. The topological polar surface area (TPSA) is 120 Å². The molecule has 2 aromatic rings. The van der Waals surface area contributed by atoms with Crippen molar-refractivity contribution in [1.82, 2.24) is 10.0 Å². The van der Waals surface area contributed by atoms with Crippen LogP contribution in [0.25, 0.3) is 0 Å². The Labute approximate surface area is 232 Å². The van der Waals surface area contributed by atoms with Crippen molar-refractivity contribution in [2.75, 3.05) is 37.5 Å². The zero-order valence-corrected chi connectivity index (χ0v) is 24.5. The standard InChI is InChI=1S/C28H43N3O5S2/c1-5-37-19-24(17-31-38(33,34)20-21(2)3)28(32)36-27(26(29)15-22-10-7-6-8-11-22)18-30-16-23-12-9-13-25(14-23)35-4/h6-14,21,24,26-27,30-31H,5,15-20,29H2,1-4H3/t24?,26-,27+/m0/s1. The maximum atomic E-state index is 13.3. The molecule has 0 aliphatic carbocycles. The molecule has 0 bridgehead atoms. The lowest BCUT2D eigenvalue weighted by atomic mass is 10.0. The van der Waals surface area contributed by atoms with Crippen LogP contribution >= 0.6 is 11.8 Å². The van der Waals surface area contributed by atoms with Crippen molar-refractivity contribution in [2.24, 2.45) is 17.6 Å². The van der Waals surface area contributed by atoms with E-state index in [4.69, 9.17) is 15.2 Å². The van der Waals surface area contributed by atoms with Gasteiger partial charge in [0.15, 0.2) is 0 Å². The lowest BCUT2D eigenvalue weighted by Gasteiger charge is -2.27. The third-order valence-corrected chi connectivity index (χ3v) is 8.59. The molecule has 212 valence electrons. The first-order valence-corrected chi connectivity index (χ1v) is 15.8. The number of nitrogens with two attached hydrogens (primary N) is 1. The minimum atomic E-state index is -3.48. The van der Waals surface area contributed by atoms with E-state index in [1.807, 2.05) is 75.4 Å². The number of rotatable bonds is 18. The van der Waals surface area contributed by atoms with Gasteiger partial charge in [-0.05, 0) is 41.4 Å². The van der Waals surface area contributed by atoms with Crippen molar-refractivity contribution in [3.8, 4) is 5.75 Å². The molecule has 38 heavy (non-hydrogen) atoms. The summed E-state index contributed by atoms with van der Waals surface area (Å²) in [4.78, 5) is 13.3. The van der Waals surface area contributed by atoms with Gasteiger partial charge in [0.05, 0.1) is 18.8 Å². The molecule has 0 heterocycles. The quantitative estimate of drug-likeness (QED) is 0.236. The maximum absolute atomic E-state index is 13.3. The van der Waals surface area contributed by atoms with Crippen molar-refractivity contribution in [3.05, 3.63) is 65.7 Å². The number of sulfonamides is 1. The summed E-state index contributed by atoms with van der Waals surface area (Å²) in [6, 6.07) is 17.1. The fourth-order valence-corrected chi connectivity index (χ4v) is 6.11. The summed E-state index contributed by atoms with van der Waals surface area (Å²) in [7, 11) is -1.86. The number of nitrogens with one attached hydrogen (secondary N) is 2. The van der Waals surface area contributed by atoms with Crippen molar-refractivity contribution >= 4 is 27.8 Å². The molecular weight excluding hydrogens is 522 g/mol. The maximum Gasteiger partial charge on any atom is 0.311 e. The first-order valence-electron chi connectivity index (χ1n) is 13.0. The minimum Gasteiger partial charge on any atom is -0.497 e. The van der Waals surface area contributed by atoms with E-state index < -0.39 is 34.1 Å². The van der Waals surface area contributed by atoms with E-state index in [-0.39, 0.29) is 18.2 Å². The SMILES string of the molecule is CCSCC(CNS(=O)(=O)CC(C)C)C(=O)O[C@H](CNCc1cccc(OC)c1)[C@@H](N)Cc1ccccc1. The van der Waals surface area contributed by atoms with Crippen LogP contribution in [-0.2, 0) is 32.5 Å². The molecule has 2 aromatic carbocycles. The summed E-state index contributed by atoms with van der Waals surface area (Å²) in [6.45, 7) is 6.58. The van der Waals surface area contributed by atoms with Gasteiger partial charge in [-0.2, -0.15) is 11.8 Å². The highest BCUT2D eigenvalue weighted by Gasteiger charge is 2.28. The molecule has 1 unspecified atom stereocenters. The van der Waals surface area contributed by atoms with Gasteiger partial charge in [-0.25, -0.2) is 13.1 Å². The third-order valence-electron chi connectivity index (χ3n) is 5.83. The van der Waals surface area contributed by atoms with Crippen LogP contribution in [0.5, 0.6) is 5.75 Å². The number of carbonyl (C=O) groups excluding carboxylic acids is 1. The molecule has 0 fully saturated rings. The van der Waals surface area contributed by atoms with Crippen LogP contribution in [-0.4, -0.2) is 64.0 Å².